The van der Waals surface area contributed by atoms with E-state index in [0.717, 1.165) is 0 Å². The Bertz CT molecular complexity index is 571. The summed E-state index contributed by atoms with van der Waals surface area (Å²) in [5, 5.41) is 16.3. The molecule has 8 heteroatoms. The minimum atomic E-state index is -0.635. The standard InChI is InChI=1S/C13H18N4O4/c1-8(12(18)14-2)15-10-6-5-9(13(19)16(3)4)7-11(10)17(20)21/h5-8,15H,1-4H3,(H,14,18). The number of nitrogens with one attached hydrogen (secondary N) is 2. The zero-order valence-electron chi connectivity index (χ0n) is 12.3. The maximum Gasteiger partial charge on any atom is 0.293 e. The van der Waals surface area contributed by atoms with Gasteiger partial charge in [-0.2, -0.15) is 0 Å². The molecule has 0 radical (unpaired) electrons. The van der Waals surface area contributed by atoms with Crippen LogP contribution >= 0.6 is 0 Å². The Kier molecular flexibility index (Phi) is 5.23. The molecule has 0 fully saturated rings. The number of nitrogens with zero attached hydrogens (tertiary/aromatic N) is 2. The van der Waals surface area contributed by atoms with Crippen LogP contribution in [0.3, 0.4) is 0 Å². The summed E-state index contributed by atoms with van der Waals surface area (Å²) in [7, 11) is 4.61. The van der Waals surface area contributed by atoms with E-state index in [4.69, 9.17) is 0 Å². The van der Waals surface area contributed by atoms with Gasteiger partial charge >= 0.3 is 0 Å². The summed E-state index contributed by atoms with van der Waals surface area (Å²) >= 11 is 0. The largest absolute Gasteiger partial charge is 0.368 e. The number of carbonyl (C=O) groups excluding carboxylic acids is 2. The van der Waals surface area contributed by atoms with Gasteiger partial charge in [0.1, 0.15) is 11.7 Å². The zero-order chi connectivity index (χ0) is 16.2. The lowest BCUT2D eigenvalue weighted by molar-refractivity contribution is -0.384. The number of nitro benzene ring substituents is 1. The van der Waals surface area contributed by atoms with E-state index in [-0.39, 0.29) is 28.8 Å². The molecule has 1 atom stereocenters. The molecule has 1 rings (SSSR count). The van der Waals surface area contributed by atoms with Crippen molar-refractivity contribution in [2.24, 2.45) is 0 Å². The molecule has 1 unspecified atom stereocenters. The fourth-order valence-corrected chi connectivity index (χ4v) is 1.71. The summed E-state index contributed by atoms with van der Waals surface area (Å²) in [6, 6.07) is 3.47. The van der Waals surface area contributed by atoms with E-state index in [2.05, 4.69) is 10.6 Å². The maximum atomic E-state index is 11.8. The highest BCUT2D eigenvalue weighted by molar-refractivity contribution is 5.95. The van der Waals surface area contributed by atoms with Crippen LogP contribution in [0, 0.1) is 10.1 Å². The van der Waals surface area contributed by atoms with Crippen molar-refractivity contribution in [1.29, 1.82) is 0 Å². The van der Waals surface area contributed by atoms with Crippen LogP contribution in [0.5, 0.6) is 0 Å². The molecule has 0 aliphatic rings. The van der Waals surface area contributed by atoms with E-state index in [0.29, 0.717) is 0 Å². The average molecular weight is 294 g/mol. The monoisotopic (exact) mass is 294 g/mol. The molecule has 21 heavy (non-hydrogen) atoms. The molecule has 0 aromatic heterocycles. The van der Waals surface area contributed by atoms with Gasteiger partial charge in [0.05, 0.1) is 4.92 Å². The van der Waals surface area contributed by atoms with Crippen LogP contribution in [0.15, 0.2) is 18.2 Å². The third-order valence-corrected chi connectivity index (χ3v) is 2.86. The Morgan fingerprint density at radius 1 is 1.33 bits per heavy atom. The summed E-state index contributed by atoms with van der Waals surface area (Å²) in [4.78, 5) is 35.2. The lowest BCUT2D eigenvalue weighted by Gasteiger charge is -2.15. The van der Waals surface area contributed by atoms with Gasteiger partial charge in [-0.1, -0.05) is 0 Å². The summed E-state index contributed by atoms with van der Waals surface area (Å²) in [5.41, 5.74) is 0.148. The highest BCUT2D eigenvalue weighted by Gasteiger charge is 2.21. The van der Waals surface area contributed by atoms with Crippen molar-refractivity contribution in [2.45, 2.75) is 13.0 Å². The van der Waals surface area contributed by atoms with E-state index in [9.17, 15) is 19.7 Å². The quantitative estimate of drug-likeness (QED) is 0.618. The molecule has 0 saturated carbocycles. The molecule has 0 heterocycles. The molecule has 0 aliphatic carbocycles. The van der Waals surface area contributed by atoms with Gasteiger partial charge in [-0.3, -0.25) is 19.7 Å². The first-order valence-electron chi connectivity index (χ1n) is 6.26. The molecule has 0 spiro atoms. The second kappa shape index (κ2) is 6.69. The third-order valence-electron chi connectivity index (χ3n) is 2.86. The number of nitro groups is 1. The number of hydrogen-bond donors (Lipinski definition) is 2. The van der Waals surface area contributed by atoms with Crippen LogP contribution in [-0.2, 0) is 4.79 Å². The van der Waals surface area contributed by atoms with Crippen molar-refractivity contribution in [3.05, 3.63) is 33.9 Å². The van der Waals surface area contributed by atoms with Crippen LogP contribution < -0.4 is 10.6 Å². The van der Waals surface area contributed by atoms with E-state index in [1.165, 1.54) is 30.1 Å². The fourth-order valence-electron chi connectivity index (χ4n) is 1.71. The van der Waals surface area contributed by atoms with Crippen LogP contribution in [0.2, 0.25) is 0 Å². The number of benzene rings is 1. The number of hydrogen-bond acceptors (Lipinski definition) is 5. The third kappa shape index (κ3) is 3.91. The number of amides is 2. The molecule has 1 aromatic carbocycles. The smallest absolute Gasteiger partial charge is 0.293 e. The van der Waals surface area contributed by atoms with Gasteiger partial charge in [0.15, 0.2) is 0 Å². The molecule has 0 saturated heterocycles. The first kappa shape index (κ1) is 16.4. The predicted molar refractivity (Wildman–Crippen MR) is 78.3 cm³/mol. The normalized spacial score (nSPS) is 11.4. The van der Waals surface area contributed by atoms with Crippen LogP contribution in [-0.4, -0.2) is 48.8 Å². The summed E-state index contributed by atoms with van der Waals surface area (Å²) in [6.45, 7) is 1.58. The topological polar surface area (TPSA) is 105 Å². The van der Waals surface area contributed by atoms with Gasteiger partial charge in [0.2, 0.25) is 5.91 Å². The Labute approximate surface area is 122 Å². The minimum Gasteiger partial charge on any atom is -0.368 e. The SMILES string of the molecule is CNC(=O)C(C)Nc1ccc(C(=O)N(C)C)cc1[N+](=O)[O-]. The lowest BCUT2D eigenvalue weighted by atomic mass is 10.1. The lowest BCUT2D eigenvalue weighted by Crippen LogP contribution is -2.35. The zero-order valence-corrected chi connectivity index (χ0v) is 12.3. The summed E-state index contributed by atoms with van der Waals surface area (Å²) < 4.78 is 0. The Morgan fingerprint density at radius 3 is 2.43 bits per heavy atom. The Hall–Kier alpha value is -2.64. The molecule has 8 nitrogen and oxygen atoms in total. The molecule has 2 N–H and O–H groups in total. The summed E-state index contributed by atoms with van der Waals surface area (Å²) in [5.74, 6) is -0.623. The van der Waals surface area contributed by atoms with Crippen molar-refractivity contribution in [1.82, 2.24) is 10.2 Å². The first-order valence-corrected chi connectivity index (χ1v) is 6.26. The molecular weight excluding hydrogens is 276 g/mol. The van der Waals surface area contributed by atoms with Crippen LogP contribution in [0.25, 0.3) is 0 Å². The van der Waals surface area contributed by atoms with Gasteiger partial charge in [-0.05, 0) is 19.1 Å². The van der Waals surface area contributed by atoms with E-state index < -0.39 is 11.0 Å². The number of anilines is 1. The molecule has 1 aromatic rings. The highest BCUT2D eigenvalue weighted by Crippen LogP contribution is 2.26. The Morgan fingerprint density at radius 2 is 1.95 bits per heavy atom. The van der Waals surface area contributed by atoms with E-state index in [1.807, 2.05) is 0 Å². The molecular formula is C13H18N4O4. The maximum absolute atomic E-state index is 11.8. The number of carbonyl (C=O) groups is 2. The van der Waals surface area contributed by atoms with Gasteiger partial charge in [-0.15, -0.1) is 0 Å². The van der Waals surface area contributed by atoms with Crippen molar-refractivity contribution in [3.63, 3.8) is 0 Å². The first-order chi connectivity index (χ1) is 9.77. The predicted octanol–water partition coefficient (Wildman–Crippen LogP) is 0.843. The van der Waals surface area contributed by atoms with Crippen molar-refractivity contribution >= 4 is 23.2 Å². The van der Waals surface area contributed by atoms with Gasteiger partial charge in [0, 0.05) is 32.8 Å². The van der Waals surface area contributed by atoms with Gasteiger partial charge < -0.3 is 15.5 Å². The molecule has 0 aliphatic heterocycles. The Balaban J connectivity index is 3.14. The van der Waals surface area contributed by atoms with Crippen LogP contribution in [0.4, 0.5) is 11.4 Å². The average Bonchev–Trinajstić information content (AvgIpc) is 2.45. The van der Waals surface area contributed by atoms with Crippen molar-refractivity contribution in [3.8, 4) is 0 Å². The molecule has 2 amide bonds. The van der Waals surface area contributed by atoms with Crippen LogP contribution in [0.1, 0.15) is 17.3 Å². The van der Waals surface area contributed by atoms with E-state index >= 15 is 0 Å². The number of likely N-dealkylation sites (N-methyl/N-ethyl adjacent to an activating group) is 1. The second-order valence-electron chi connectivity index (χ2n) is 4.67. The fraction of sp³-hybridized carbons (Fsp3) is 0.385. The molecule has 114 valence electrons. The van der Waals surface area contributed by atoms with Crippen molar-refractivity contribution in [2.75, 3.05) is 26.5 Å². The minimum absolute atomic E-state index is 0.186. The van der Waals surface area contributed by atoms with Crippen molar-refractivity contribution < 1.29 is 14.5 Å². The van der Waals surface area contributed by atoms with E-state index in [1.54, 1.807) is 21.0 Å². The second-order valence-corrected chi connectivity index (χ2v) is 4.67. The highest BCUT2D eigenvalue weighted by atomic mass is 16.6. The van der Waals surface area contributed by atoms with Gasteiger partial charge in [0.25, 0.3) is 11.6 Å². The molecule has 0 bridgehead atoms. The van der Waals surface area contributed by atoms with Gasteiger partial charge in [-0.25, -0.2) is 0 Å². The number of rotatable bonds is 5. The summed E-state index contributed by atoms with van der Waals surface area (Å²) in [6.07, 6.45) is 0.